The monoisotopic (exact) mass is 519 g/mol. The molecule has 0 aliphatic heterocycles. The summed E-state index contributed by atoms with van der Waals surface area (Å²) in [6.07, 6.45) is 0. The third kappa shape index (κ3) is 3.18. The van der Waals surface area contributed by atoms with E-state index in [9.17, 15) is 0 Å². The van der Waals surface area contributed by atoms with Gasteiger partial charge in [0.15, 0.2) is 0 Å². The van der Waals surface area contributed by atoms with Gasteiger partial charge in [-0.3, -0.25) is 0 Å². The van der Waals surface area contributed by atoms with Crippen LogP contribution in [-0.2, 0) is 0 Å². The van der Waals surface area contributed by atoms with Gasteiger partial charge >= 0.3 is 0 Å². The lowest BCUT2D eigenvalue weighted by molar-refractivity contribution is 1.19. The third-order valence-electron chi connectivity index (χ3n) is 8.71. The van der Waals surface area contributed by atoms with Crippen LogP contribution in [0.2, 0.25) is 0 Å². The van der Waals surface area contributed by atoms with Crippen LogP contribution in [-0.4, -0.2) is 4.57 Å². The van der Waals surface area contributed by atoms with Crippen LogP contribution in [0.3, 0.4) is 0 Å². The summed E-state index contributed by atoms with van der Waals surface area (Å²) >= 11 is 0. The lowest BCUT2D eigenvalue weighted by Crippen LogP contribution is -1.95. The van der Waals surface area contributed by atoms with Gasteiger partial charge in [0.25, 0.3) is 0 Å². The summed E-state index contributed by atoms with van der Waals surface area (Å²) in [7, 11) is 0. The number of fused-ring (bicyclic) bond motifs is 4. The number of benzene rings is 8. The lowest BCUT2D eigenvalue weighted by atomic mass is 9.85. The normalized spacial score (nSPS) is 11.9. The highest BCUT2D eigenvalue weighted by atomic mass is 15.0. The van der Waals surface area contributed by atoms with E-state index in [-0.39, 0.29) is 0 Å². The molecule has 0 radical (unpaired) electrons. The molecule has 0 saturated heterocycles. The van der Waals surface area contributed by atoms with Crippen molar-refractivity contribution in [3.05, 3.63) is 152 Å². The molecule has 0 fully saturated rings. The van der Waals surface area contributed by atoms with Gasteiger partial charge in [0.1, 0.15) is 0 Å². The number of nitrogens with zero attached hydrogens (tertiary/aromatic N) is 1. The van der Waals surface area contributed by atoms with Crippen LogP contribution in [0.1, 0.15) is 0 Å². The maximum Gasteiger partial charge on any atom is 0.0620 e. The smallest absolute Gasteiger partial charge is 0.0620 e. The standard InChI is InChI=1S/C40H25N/c1-4-12-26(13-5-1)34-25-35(27-14-6-2-7-15-27)32-22-23-33-38-28(20-21-31(34)39(32)38)24-36-30-18-10-11-19-37(30)41(40(33)36)29-16-8-3-9-17-29/h1-25H. The van der Waals surface area contributed by atoms with Gasteiger partial charge in [-0.05, 0) is 79.5 Å². The molecule has 9 aromatic rings. The van der Waals surface area contributed by atoms with Crippen LogP contribution < -0.4 is 0 Å². The van der Waals surface area contributed by atoms with Gasteiger partial charge in [-0.25, -0.2) is 0 Å². The molecular formula is C40H25N. The Morgan fingerprint density at radius 3 is 1.61 bits per heavy atom. The molecule has 0 aliphatic carbocycles. The lowest BCUT2D eigenvalue weighted by Gasteiger charge is -2.19. The van der Waals surface area contributed by atoms with Crippen LogP contribution >= 0.6 is 0 Å². The van der Waals surface area contributed by atoms with Crippen molar-refractivity contribution < 1.29 is 0 Å². The highest BCUT2D eigenvalue weighted by molar-refractivity contribution is 6.34. The topological polar surface area (TPSA) is 4.93 Å². The molecule has 8 aromatic carbocycles. The summed E-state index contributed by atoms with van der Waals surface area (Å²) in [4.78, 5) is 0. The Kier molecular flexibility index (Phi) is 4.67. The van der Waals surface area contributed by atoms with Crippen molar-refractivity contribution in [3.63, 3.8) is 0 Å². The first-order valence-corrected chi connectivity index (χ1v) is 14.2. The minimum atomic E-state index is 1.18. The quantitative estimate of drug-likeness (QED) is 0.205. The number of rotatable bonds is 3. The predicted molar refractivity (Wildman–Crippen MR) is 175 cm³/mol. The molecule has 0 unspecified atom stereocenters. The van der Waals surface area contributed by atoms with Crippen LogP contribution in [0, 0.1) is 0 Å². The van der Waals surface area contributed by atoms with E-state index in [2.05, 4.69) is 156 Å². The molecule has 1 heteroatoms. The SMILES string of the molecule is c1ccc(-c2cc(-c3ccccc3)c3ccc4c5c(ccc2c35)cc2c3ccccc3n(-c3ccccc3)c24)cc1. The van der Waals surface area contributed by atoms with E-state index in [1.165, 1.54) is 82.1 Å². The molecule has 0 atom stereocenters. The van der Waals surface area contributed by atoms with Crippen molar-refractivity contribution in [2.24, 2.45) is 0 Å². The van der Waals surface area contributed by atoms with E-state index in [0.29, 0.717) is 0 Å². The largest absolute Gasteiger partial charge is 0.309 e. The Morgan fingerprint density at radius 2 is 0.927 bits per heavy atom. The molecule has 41 heavy (non-hydrogen) atoms. The minimum Gasteiger partial charge on any atom is -0.309 e. The molecule has 1 aromatic heterocycles. The summed E-state index contributed by atoms with van der Waals surface area (Å²) in [6, 6.07) is 55.4. The summed E-state index contributed by atoms with van der Waals surface area (Å²) in [5.74, 6) is 0. The fourth-order valence-corrected chi connectivity index (χ4v) is 6.98. The molecule has 1 nitrogen and oxygen atoms in total. The summed E-state index contributed by atoms with van der Waals surface area (Å²) in [5, 5.41) is 10.4. The zero-order valence-electron chi connectivity index (χ0n) is 22.4. The molecule has 1 heterocycles. The van der Waals surface area contributed by atoms with Crippen LogP contribution in [0.25, 0.3) is 82.1 Å². The average Bonchev–Trinajstić information content (AvgIpc) is 3.38. The van der Waals surface area contributed by atoms with Crippen molar-refractivity contribution in [3.8, 4) is 27.9 Å². The van der Waals surface area contributed by atoms with E-state index in [1.807, 2.05) is 0 Å². The van der Waals surface area contributed by atoms with Gasteiger partial charge in [-0.1, -0.05) is 121 Å². The maximum atomic E-state index is 2.45. The fraction of sp³-hybridized carbons (Fsp3) is 0. The number of aromatic nitrogens is 1. The maximum absolute atomic E-state index is 2.45. The van der Waals surface area contributed by atoms with Gasteiger partial charge in [0.05, 0.1) is 11.0 Å². The molecule has 9 rings (SSSR count). The first-order chi connectivity index (χ1) is 20.4. The van der Waals surface area contributed by atoms with Crippen LogP contribution in [0.5, 0.6) is 0 Å². The Morgan fingerprint density at radius 1 is 0.366 bits per heavy atom. The van der Waals surface area contributed by atoms with Gasteiger partial charge in [-0.2, -0.15) is 0 Å². The Labute approximate surface area is 237 Å². The van der Waals surface area contributed by atoms with E-state index in [1.54, 1.807) is 0 Å². The molecule has 0 aliphatic rings. The Bertz CT molecular complexity index is 2320. The number of hydrogen-bond acceptors (Lipinski definition) is 0. The predicted octanol–water partition coefficient (Wildman–Crippen LogP) is 11.0. The molecule has 190 valence electrons. The van der Waals surface area contributed by atoms with Crippen LogP contribution in [0.15, 0.2) is 152 Å². The molecule has 0 saturated carbocycles. The second-order valence-electron chi connectivity index (χ2n) is 10.9. The van der Waals surface area contributed by atoms with Crippen molar-refractivity contribution in [2.45, 2.75) is 0 Å². The molecular weight excluding hydrogens is 494 g/mol. The average molecular weight is 520 g/mol. The van der Waals surface area contributed by atoms with Gasteiger partial charge in [0.2, 0.25) is 0 Å². The van der Waals surface area contributed by atoms with Crippen LogP contribution in [0.4, 0.5) is 0 Å². The van der Waals surface area contributed by atoms with Crippen molar-refractivity contribution in [1.29, 1.82) is 0 Å². The summed E-state index contributed by atoms with van der Waals surface area (Å²) in [6.45, 7) is 0. The zero-order chi connectivity index (χ0) is 26.9. The third-order valence-corrected chi connectivity index (χ3v) is 8.71. The van der Waals surface area contributed by atoms with E-state index in [4.69, 9.17) is 0 Å². The van der Waals surface area contributed by atoms with E-state index in [0.717, 1.165) is 0 Å². The van der Waals surface area contributed by atoms with E-state index >= 15 is 0 Å². The van der Waals surface area contributed by atoms with Crippen molar-refractivity contribution >= 4 is 54.1 Å². The highest BCUT2D eigenvalue weighted by Crippen LogP contribution is 2.47. The molecule has 0 amide bonds. The van der Waals surface area contributed by atoms with Gasteiger partial charge in [-0.15, -0.1) is 0 Å². The zero-order valence-corrected chi connectivity index (χ0v) is 22.4. The Hall–Kier alpha value is -5.40. The second kappa shape index (κ2) is 8.55. The van der Waals surface area contributed by atoms with Gasteiger partial charge in [0, 0.05) is 21.8 Å². The van der Waals surface area contributed by atoms with Crippen molar-refractivity contribution in [2.75, 3.05) is 0 Å². The molecule has 0 spiro atoms. The van der Waals surface area contributed by atoms with Crippen molar-refractivity contribution in [1.82, 2.24) is 4.57 Å². The highest BCUT2D eigenvalue weighted by Gasteiger charge is 2.21. The first-order valence-electron chi connectivity index (χ1n) is 14.2. The summed E-state index contributed by atoms with van der Waals surface area (Å²) in [5.41, 5.74) is 8.72. The summed E-state index contributed by atoms with van der Waals surface area (Å²) < 4.78 is 2.45. The van der Waals surface area contributed by atoms with Gasteiger partial charge < -0.3 is 4.57 Å². The number of hydrogen-bond donors (Lipinski definition) is 0. The Balaban J connectivity index is 1.52. The molecule has 0 N–H and O–H groups in total. The molecule has 0 bridgehead atoms. The fourth-order valence-electron chi connectivity index (χ4n) is 6.98. The minimum absolute atomic E-state index is 1.18. The second-order valence-corrected chi connectivity index (χ2v) is 10.9. The van der Waals surface area contributed by atoms with E-state index < -0.39 is 0 Å². The number of para-hydroxylation sites is 2. The first kappa shape index (κ1) is 22.4.